The van der Waals surface area contributed by atoms with E-state index in [-0.39, 0.29) is 11.3 Å². The Balaban J connectivity index is 3.01. The molecule has 0 spiro atoms. The van der Waals surface area contributed by atoms with E-state index in [1.165, 1.54) is 19.1 Å². The van der Waals surface area contributed by atoms with Gasteiger partial charge in [-0.3, -0.25) is 30.0 Å². The number of pyridine rings is 1. The molecule has 0 atom stereocenters. The van der Waals surface area contributed by atoms with Crippen LogP contribution in [0.2, 0.25) is 0 Å². The fraction of sp³-hybridized carbons (Fsp3) is 0.182. The molecule has 0 radical (unpaired) electrons. The van der Waals surface area contributed by atoms with Gasteiger partial charge in [-0.05, 0) is 19.9 Å². The largest absolute Gasteiger partial charge is 0.289 e. The zero-order valence-corrected chi connectivity index (χ0v) is 9.84. The van der Waals surface area contributed by atoms with Gasteiger partial charge in [-0.2, -0.15) is 0 Å². The lowest BCUT2D eigenvalue weighted by molar-refractivity contribution is -0.385. The number of allylic oxidation sites excluding steroid dienone is 1. The average Bonchev–Trinajstić information content (AvgIpc) is 2.29. The van der Waals surface area contributed by atoms with E-state index >= 15 is 0 Å². The molecule has 0 bridgehead atoms. The van der Waals surface area contributed by atoms with E-state index in [4.69, 9.17) is 0 Å². The van der Waals surface area contributed by atoms with Crippen LogP contribution in [0, 0.1) is 17.0 Å². The Kier molecular flexibility index (Phi) is 4.25. The molecular formula is C11H11N3O4. The zero-order valence-electron chi connectivity index (χ0n) is 9.84. The van der Waals surface area contributed by atoms with Gasteiger partial charge in [0.05, 0.1) is 16.2 Å². The number of nitrogens with zero attached hydrogens (tertiary/aromatic N) is 2. The topological polar surface area (TPSA) is 102 Å². The Morgan fingerprint density at radius 1 is 1.50 bits per heavy atom. The Hall–Kier alpha value is -2.57. The molecule has 0 unspecified atom stereocenters. The van der Waals surface area contributed by atoms with Crippen molar-refractivity contribution in [2.45, 2.75) is 13.8 Å². The second-order valence-electron chi connectivity index (χ2n) is 3.40. The normalized spacial score (nSPS) is 10.3. The van der Waals surface area contributed by atoms with Crippen molar-refractivity contribution in [2.75, 3.05) is 0 Å². The number of aromatic nitrogens is 1. The molecule has 0 fully saturated rings. The number of hydrogen-bond acceptors (Lipinski definition) is 5. The molecule has 0 saturated heterocycles. The minimum Gasteiger partial charge on any atom is -0.289 e. The molecule has 1 heterocycles. The summed E-state index contributed by atoms with van der Waals surface area (Å²) in [4.78, 5) is 36.5. The third-order valence-electron chi connectivity index (χ3n) is 2.08. The van der Waals surface area contributed by atoms with Crippen LogP contribution in [0.4, 0.5) is 5.69 Å². The SMILES string of the molecule is C/C=C/C(=O)NC(=O)c1cc([N+](=O)[O-])cnc1C. The van der Waals surface area contributed by atoms with Gasteiger partial charge < -0.3 is 0 Å². The Bertz CT molecular complexity index is 537. The van der Waals surface area contributed by atoms with Crippen molar-refractivity contribution < 1.29 is 14.5 Å². The van der Waals surface area contributed by atoms with E-state index in [0.29, 0.717) is 5.69 Å². The zero-order chi connectivity index (χ0) is 13.7. The Labute approximate surface area is 103 Å². The summed E-state index contributed by atoms with van der Waals surface area (Å²) in [6.07, 6.45) is 3.71. The number of amides is 2. The van der Waals surface area contributed by atoms with Crippen LogP contribution >= 0.6 is 0 Å². The number of nitro groups is 1. The van der Waals surface area contributed by atoms with Crippen LogP contribution in [-0.4, -0.2) is 21.7 Å². The highest BCUT2D eigenvalue weighted by atomic mass is 16.6. The maximum Gasteiger partial charge on any atom is 0.288 e. The minimum atomic E-state index is -0.716. The van der Waals surface area contributed by atoms with Gasteiger partial charge in [0.1, 0.15) is 6.20 Å². The smallest absolute Gasteiger partial charge is 0.288 e. The van der Waals surface area contributed by atoms with Crippen LogP contribution in [0.5, 0.6) is 0 Å². The van der Waals surface area contributed by atoms with Crippen molar-refractivity contribution in [1.82, 2.24) is 10.3 Å². The first-order valence-electron chi connectivity index (χ1n) is 5.04. The molecular weight excluding hydrogens is 238 g/mol. The second-order valence-corrected chi connectivity index (χ2v) is 3.40. The maximum absolute atomic E-state index is 11.7. The number of carbonyl (C=O) groups is 2. The quantitative estimate of drug-likeness (QED) is 0.491. The molecule has 7 heteroatoms. The summed E-state index contributed by atoms with van der Waals surface area (Å²) >= 11 is 0. The summed E-state index contributed by atoms with van der Waals surface area (Å²) in [5.74, 6) is -1.31. The van der Waals surface area contributed by atoms with Gasteiger partial charge in [-0.25, -0.2) is 0 Å². The standard InChI is InChI=1S/C11H11N3O4/c1-3-4-10(15)13-11(16)9-5-8(14(17)18)6-12-7(9)2/h3-6H,1-2H3,(H,13,15,16)/b4-3+. The number of carbonyl (C=O) groups excluding carboxylic acids is 2. The van der Waals surface area contributed by atoms with E-state index in [0.717, 1.165) is 12.3 Å². The van der Waals surface area contributed by atoms with E-state index in [1.54, 1.807) is 6.92 Å². The summed E-state index contributed by atoms with van der Waals surface area (Å²) in [5.41, 5.74) is 0.0117. The lowest BCUT2D eigenvalue weighted by atomic mass is 10.2. The third kappa shape index (κ3) is 3.21. The molecule has 1 N–H and O–H groups in total. The van der Waals surface area contributed by atoms with Crippen molar-refractivity contribution in [3.05, 3.63) is 45.8 Å². The van der Waals surface area contributed by atoms with Crippen LogP contribution in [0.25, 0.3) is 0 Å². The maximum atomic E-state index is 11.7. The summed E-state index contributed by atoms with van der Waals surface area (Å²) in [6, 6.07) is 1.08. The number of rotatable bonds is 3. The first-order valence-corrected chi connectivity index (χ1v) is 5.04. The Morgan fingerprint density at radius 2 is 2.17 bits per heavy atom. The molecule has 0 aliphatic rings. The monoisotopic (exact) mass is 249 g/mol. The van der Waals surface area contributed by atoms with Crippen molar-refractivity contribution in [2.24, 2.45) is 0 Å². The Morgan fingerprint density at radius 3 is 2.72 bits per heavy atom. The van der Waals surface area contributed by atoms with Crippen LogP contribution in [0.15, 0.2) is 24.4 Å². The predicted molar refractivity (Wildman–Crippen MR) is 62.9 cm³/mol. The molecule has 0 aliphatic heterocycles. The molecule has 7 nitrogen and oxygen atoms in total. The molecule has 0 aromatic carbocycles. The van der Waals surface area contributed by atoms with Gasteiger partial charge in [0.25, 0.3) is 11.6 Å². The molecule has 0 aliphatic carbocycles. The molecule has 18 heavy (non-hydrogen) atoms. The van der Waals surface area contributed by atoms with Crippen molar-refractivity contribution in [3.8, 4) is 0 Å². The average molecular weight is 249 g/mol. The first kappa shape index (κ1) is 13.5. The van der Waals surface area contributed by atoms with Crippen molar-refractivity contribution in [1.29, 1.82) is 0 Å². The number of nitrogens with one attached hydrogen (secondary N) is 1. The molecule has 1 aromatic rings. The van der Waals surface area contributed by atoms with Crippen LogP contribution in [0.3, 0.4) is 0 Å². The summed E-state index contributed by atoms with van der Waals surface area (Å²) in [7, 11) is 0. The van der Waals surface area contributed by atoms with Gasteiger partial charge in [-0.1, -0.05) is 6.08 Å². The fourth-order valence-electron chi connectivity index (χ4n) is 1.22. The lowest BCUT2D eigenvalue weighted by Crippen LogP contribution is -2.29. The fourth-order valence-corrected chi connectivity index (χ4v) is 1.22. The number of aryl methyl sites for hydroxylation is 1. The van der Waals surface area contributed by atoms with Crippen LogP contribution in [0.1, 0.15) is 23.0 Å². The van der Waals surface area contributed by atoms with E-state index in [9.17, 15) is 19.7 Å². The summed E-state index contributed by atoms with van der Waals surface area (Å²) < 4.78 is 0. The summed E-state index contributed by atoms with van der Waals surface area (Å²) in [5, 5.41) is 12.6. The lowest BCUT2D eigenvalue weighted by Gasteiger charge is -2.04. The predicted octanol–water partition coefficient (Wildman–Crippen LogP) is 1.13. The highest BCUT2D eigenvalue weighted by Gasteiger charge is 2.16. The second kappa shape index (κ2) is 5.67. The minimum absolute atomic E-state index is 0.00190. The van der Waals surface area contributed by atoms with Gasteiger partial charge in [0.2, 0.25) is 5.91 Å². The molecule has 1 aromatic heterocycles. The van der Waals surface area contributed by atoms with Gasteiger partial charge in [0, 0.05) is 6.07 Å². The molecule has 2 amide bonds. The van der Waals surface area contributed by atoms with Gasteiger partial charge in [-0.15, -0.1) is 0 Å². The van der Waals surface area contributed by atoms with Crippen molar-refractivity contribution in [3.63, 3.8) is 0 Å². The highest BCUT2D eigenvalue weighted by molar-refractivity contribution is 6.08. The van der Waals surface area contributed by atoms with E-state index in [1.807, 2.05) is 0 Å². The molecule has 1 rings (SSSR count). The van der Waals surface area contributed by atoms with Crippen molar-refractivity contribution >= 4 is 17.5 Å². The third-order valence-corrected chi connectivity index (χ3v) is 2.08. The highest BCUT2D eigenvalue weighted by Crippen LogP contribution is 2.14. The van der Waals surface area contributed by atoms with Gasteiger partial charge >= 0.3 is 0 Å². The number of hydrogen-bond donors (Lipinski definition) is 1. The van der Waals surface area contributed by atoms with Crippen LogP contribution in [-0.2, 0) is 4.79 Å². The first-order chi connectivity index (χ1) is 8.45. The van der Waals surface area contributed by atoms with E-state index in [2.05, 4.69) is 10.3 Å². The van der Waals surface area contributed by atoms with Crippen LogP contribution < -0.4 is 5.32 Å². The molecule has 94 valence electrons. The van der Waals surface area contributed by atoms with Gasteiger partial charge in [0.15, 0.2) is 0 Å². The summed E-state index contributed by atoms with van der Waals surface area (Å²) in [6.45, 7) is 3.16. The number of imide groups is 1. The molecule has 0 saturated carbocycles. The van der Waals surface area contributed by atoms with E-state index < -0.39 is 16.7 Å².